The molecule has 5 heteroatoms. The first kappa shape index (κ1) is 11.7. The molecule has 0 bridgehead atoms. The van der Waals surface area contributed by atoms with E-state index >= 15 is 0 Å². The zero-order chi connectivity index (χ0) is 11.1. The van der Waals surface area contributed by atoms with E-state index in [-0.39, 0.29) is 0 Å². The summed E-state index contributed by atoms with van der Waals surface area (Å²) < 4.78 is 10.6. The first-order valence-corrected chi connectivity index (χ1v) is 4.96. The van der Waals surface area contributed by atoms with Gasteiger partial charge in [-0.3, -0.25) is 0 Å². The van der Waals surface area contributed by atoms with Crippen molar-refractivity contribution in [2.24, 2.45) is 5.92 Å². The molecule has 2 N–H and O–H groups in total. The van der Waals surface area contributed by atoms with Gasteiger partial charge in [0.15, 0.2) is 0 Å². The molecular weight excluding hydrogens is 194 g/mol. The SMILES string of the molecule is CC(C)COCCOc1ncc(N)cn1. The predicted molar refractivity (Wildman–Crippen MR) is 57.6 cm³/mol. The van der Waals surface area contributed by atoms with Crippen LogP contribution in [0.2, 0.25) is 0 Å². The highest BCUT2D eigenvalue weighted by Crippen LogP contribution is 2.02. The second-order valence-electron chi connectivity index (χ2n) is 3.62. The van der Waals surface area contributed by atoms with E-state index in [9.17, 15) is 0 Å². The van der Waals surface area contributed by atoms with Crippen LogP contribution in [0.3, 0.4) is 0 Å². The second-order valence-corrected chi connectivity index (χ2v) is 3.62. The Hall–Kier alpha value is -1.36. The molecule has 1 rings (SSSR count). The van der Waals surface area contributed by atoms with Crippen molar-refractivity contribution in [2.45, 2.75) is 13.8 Å². The number of nitrogens with two attached hydrogens (primary N) is 1. The Kier molecular flexibility index (Phi) is 4.83. The summed E-state index contributed by atoms with van der Waals surface area (Å²) in [6.45, 7) is 5.95. The molecule has 0 aliphatic carbocycles. The molecule has 0 saturated carbocycles. The minimum atomic E-state index is 0.331. The van der Waals surface area contributed by atoms with Crippen LogP contribution in [0.15, 0.2) is 12.4 Å². The quantitative estimate of drug-likeness (QED) is 0.714. The Labute approximate surface area is 89.6 Å². The van der Waals surface area contributed by atoms with Crippen molar-refractivity contribution >= 4 is 5.69 Å². The third-order valence-corrected chi connectivity index (χ3v) is 1.56. The molecule has 0 amide bonds. The van der Waals surface area contributed by atoms with Crippen molar-refractivity contribution in [3.8, 4) is 6.01 Å². The van der Waals surface area contributed by atoms with Crippen LogP contribution in [0.4, 0.5) is 5.69 Å². The maximum absolute atomic E-state index is 5.43. The minimum absolute atomic E-state index is 0.331. The Bertz CT molecular complexity index is 275. The number of aromatic nitrogens is 2. The van der Waals surface area contributed by atoms with Gasteiger partial charge < -0.3 is 15.2 Å². The van der Waals surface area contributed by atoms with Crippen molar-refractivity contribution in [1.82, 2.24) is 9.97 Å². The van der Waals surface area contributed by atoms with Gasteiger partial charge in [-0.1, -0.05) is 13.8 Å². The molecule has 0 aliphatic heterocycles. The standard InChI is InChI=1S/C10H17N3O2/c1-8(2)7-14-3-4-15-10-12-5-9(11)6-13-10/h5-6,8H,3-4,7,11H2,1-2H3. The summed E-state index contributed by atoms with van der Waals surface area (Å²) in [6.07, 6.45) is 3.02. The van der Waals surface area contributed by atoms with Crippen LogP contribution in [0, 0.1) is 5.92 Å². The molecule has 1 aromatic heterocycles. The monoisotopic (exact) mass is 211 g/mol. The highest BCUT2D eigenvalue weighted by atomic mass is 16.5. The molecule has 1 heterocycles. The van der Waals surface area contributed by atoms with Gasteiger partial charge in [0, 0.05) is 6.61 Å². The number of nitrogens with zero attached hydrogens (tertiary/aromatic N) is 2. The van der Waals surface area contributed by atoms with Gasteiger partial charge in [-0.25, -0.2) is 9.97 Å². The Morgan fingerprint density at radius 2 is 1.93 bits per heavy atom. The molecule has 0 radical (unpaired) electrons. The summed E-state index contributed by atoms with van der Waals surface area (Å²) >= 11 is 0. The number of rotatable bonds is 6. The Morgan fingerprint density at radius 1 is 1.27 bits per heavy atom. The van der Waals surface area contributed by atoms with E-state index in [0.29, 0.717) is 30.8 Å². The fourth-order valence-electron chi connectivity index (χ4n) is 0.912. The highest BCUT2D eigenvalue weighted by molar-refractivity contribution is 5.30. The normalized spacial score (nSPS) is 10.6. The number of anilines is 1. The number of hydrogen-bond acceptors (Lipinski definition) is 5. The molecule has 0 aromatic carbocycles. The van der Waals surface area contributed by atoms with Gasteiger partial charge >= 0.3 is 6.01 Å². The van der Waals surface area contributed by atoms with E-state index in [4.69, 9.17) is 15.2 Å². The average Bonchev–Trinajstić information content (AvgIpc) is 2.20. The summed E-state index contributed by atoms with van der Waals surface area (Å²) in [6, 6.07) is 0.331. The number of ether oxygens (including phenoxy) is 2. The fraction of sp³-hybridized carbons (Fsp3) is 0.600. The largest absolute Gasteiger partial charge is 0.461 e. The van der Waals surface area contributed by atoms with Crippen molar-refractivity contribution in [3.05, 3.63) is 12.4 Å². The minimum Gasteiger partial charge on any atom is -0.461 e. The average molecular weight is 211 g/mol. The van der Waals surface area contributed by atoms with Gasteiger partial charge in [-0.15, -0.1) is 0 Å². The molecule has 0 atom stereocenters. The molecule has 0 aliphatic rings. The van der Waals surface area contributed by atoms with Crippen LogP contribution < -0.4 is 10.5 Å². The van der Waals surface area contributed by atoms with Crippen LogP contribution in [0.5, 0.6) is 6.01 Å². The van der Waals surface area contributed by atoms with Gasteiger partial charge in [-0.05, 0) is 5.92 Å². The van der Waals surface area contributed by atoms with Crippen LogP contribution in [0.25, 0.3) is 0 Å². The zero-order valence-electron chi connectivity index (χ0n) is 9.14. The van der Waals surface area contributed by atoms with Crippen LogP contribution >= 0.6 is 0 Å². The summed E-state index contributed by atoms with van der Waals surface area (Å²) in [4.78, 5) is 7.79. The maximum atomic E-state index is 5.43. The first-order chi connectivity index (χ1) is 7.18. The number of nitrogen functional groups attached to an aromatic ring is 1. The molecule has 0 saturated heterocycles. The lowest BCUT2D eigenvalue weighted by Crippen LogP contribution is -2.11. The summed E-state index contributed by atoms with van der Waals surface area (Å²) in [7, 11) is 0. The molecule has 15 heavy (non-hydrogen) atoms. The first-order valence-electron chi connectivity index (χ1n) is 4.96. The lowest BCUT2D eigenvalue weighted by atomic mass is 10.2. The van der Waals surface area contributed by atoms with Gasteiger partial charge in [0.25, 0.3) is 0 Å². The summed E-state index contributed by atoms with van der Waals surface area (Å²) in [5.41, 5.74) is 5.96. The maximum Gasteiger partial charge on any atom is 0.316 e. The molecule has 0 fully saturated rings. The van der Waals surface area contributed by atoms with Crippen molar-refractivity contribution < 1.29 is 9.47 Å². The second kappa shape index (κ2) is 6.19. The van der Waals surface area contributed by atoms with E-state index in [0.717, 1.165) is 6.61 Å². The molecule has 5 nitrogen and oxygen atoms in total. The van der Waals surface area contributed by atoms with E-state index in [1.165, 1.54) is 12.4 Å². The van der Waals surface area contributed by atoms with Crippen molar-refractivity contribution in [3.63, 3.8) is 0 Å². The van der Waals surface area contributed by atoms with Crippen LogP contribution in [-0.2, 0) is 4.74 Å². The van der Waals surface area contributed by atoms with Crippen molar-refractivity contribution in [1.29, 1.82) is 0 Å². The molecule has 0 spiro atoms. The van der Waals surface area contributed by atoms with E-state index in [2.05, 4.69) is 23.8 Å². The zero-order valence-corrected chi connectivity index (χ0v) is 9.14. The molecular formula is C10H17N3O2. The Morgan fingerprint density at radius 3 is 2.53 bits per heavy atom. The molecule has 0 unspecified atom stereocenters. The smallest absolute Gasteiger partial charge is 0.316 e. The Balaban J connectivity index is 2.12. The highest BCUT2D eigenvalue weighted by Gasteiger charge is 1.97. The van der Waals surface area contributed by atoms with Crippen LogP contribution in [0.1, 0.15) is 13.8 Å². The van der Waals surface area contributed by atoms with Gasteiger partial charge in [0.1, 0.15) is 6.61 Å². The van der Waals surface area contributed by atoms with E-state index < -0.39 is 0 Å². The summed E-state index contributed by atoms with van der Waals surface area (Å²) in [5, 5.41) is 0. The number of hydrogen-bond donors (Lipinski definition) is 1. The molecule has 1 aromatic rings. The molecule has 84 valence electrons. The van der Waals surface area contributed by atoms with Gasteiger partial charge in [-0.2, -0.15) is 0 Å². The summed E-state index contributed by atoms with van der Waals surface area (Å²) in [5.74, 6) is 0.540. The third-order valence-electron chi connectivity index (χ3n) is 1.56. The topological polar surface area (TPSA) is 70.3 Å². The van der Waals surface area contributed by atoms with Crippen molar-refractivity contribution in [2.75, 3.05) is 25.6 Å². The fourth-order valence-corrected chi connectivity index (χ4v) is 0.912. The van der Waals surface area contributed by atoms with E-state index in [1.54, 1.807) is 0 Å². The van der Waals surface area contributed by atoms with Crippen LogP contribution in [-0.4, -0.2) is 29.8 Å². The van der Waals surface area contributed by atoms with Gasteiger partial charge in [0.2, 0.25) is 0 Å². The lowest BCUT2D eigenvalue weighted by molar-refractivity contribution is 0.0792. The predicted octanol–water partition coefficient (Wildman–Crippen LogP) is 1.11. The van der Waals surface area contributed by atoms with E-state index in [1.807, 2.05) is 0 Å². The lowest BCUT2D eigenvalue weighted by Gasteiger charge is -2.07. The van der Waals surface area contributed by atoms with Gasteiger partial charge in [0.05, 0.1) is 24.7 Å². The third kappa shape index (κ3) is 5.17.